The van der Waals surface area contributed by atoms with Gasteiger partial charge in [-0.05, 0) is 79.3 Å². The monoisotopic (exact) mass is 634 g/mol. The molecule has 0 aliphatic carbocycles. The van der Waals surface area contributed by atoms with Crippen LogP contribution in [0, 0.1) is 0 Å². The Morgan fingerprint density at radius 1 is 0.696 bits per heavy atom. The van der Waals surface area contributed by atoms with Gasteiger partial charge in [0.1, 0.15) is 17.6 Å². The van der Waals surface area contributed by atoms with Crippen LogP contribution in [0.3, 0.4) is 0 Å². The SMILES string of the molecule is CCCCCCC(CC(CC(C)c1ccccc1OCCCC)OC(=O)c1cc(O)c(O)c(O)c1)c1ccccc1OCCCC. The molecule has 0 saturated heterocycles. The van der Waals surface area contributed by atoms with Crippen LogP contribution in [0.1, 0.15) is 132 Å². The summed E-state index contributed by atoms with van der Waals surface area (Å²) >= 11 is 0. The lowest BCUT2D eigenvalue weighted by Crippen LogP contribution is -2.24. The Morgan fingerprint density at radius 2 is 1.24 bits per heavy atom. The molecule has 7 nitrogen and oxygen atoms in total. The maximum atomic E-state index is 13.5. The van der Waals surface area contributed by atoms with E-state index in [9.17, 15) is 20.1 Å². The van der Waals surface area contributed by atoms with Gasteiger partial charge >= 0.3 is 5.97 Å². The van der Waals surface area contributed by atoms with Crippen molar-refractivity contribution in [2.75, 3.05) is 13.2 Å². The molecule has 0 aromatic heterocycles. The highest BCUT2D eigenvalue weighted by molar-refractivity contribution is 5.91. The number of esters is 1. The minimum atomic E-state index is -0.674. The first kappa shape index (κ1) is 36.6. The van der Waals surface area contributed by atoms with E-state index in [2.05, 4.69) is 39.8 Å². The molecule has 0 fully saturated rings. The first-order valence-electron chi connectivity index (χ1n) is 17.2. The molecule has 0 saturated carbocycles. The molecule has 252 valence electrons. The molecule has 0 spiro atoms. The molecule has 0 radical (unpaired) electrons. The van der Waals surface area contributed by atoms with Crippen molar-refractivity contribution in [2.45, 2.75) is 116 Å². The Balaban J connectivity index is 1.96. The Morgan fingerprint density at radius 3 is 1.83 bits per heavy atom. The van der Waals surface area contributed by atoms with Crippen molar-refractivity contribution in [2.24, 2.45) is 0 Å². The lowest BCUT2D eigenvalue weighted by molar-refractivity contribution is 0.0224. The van der Waals surface area contributed by atoms with E-state index in [-0.39, 0.29) is 17.4 Å². The normalized spacial score (nSPS) is 13.1. The second kappa shape index (κ2) is 19.6. The quantitative estimate of drug-likeness (QED) is 0.0608. The molecule has 0 aliphatic rings. The third-order valence-corrected chi connectivity index (χ3v) is 8.47. The van der Waals surface area contributed by atoms with Crippen LogP contribution in [0.2, 0.25) is 0 Å². The van der Waals surface area contributed by atoms with E-state index in [0.717, 1.165) is 86.1 Å². The lowest BCUT2D eigenvalue weighted by Gasteiger charge is -2.28. The third kappa shape index (κ3) is 11.2. The Labute approximate surface area is 275 Å². The van der Waals surface area contributed by atoms with Crippen LogP contribution in [0.25, 0.3) is 0 Å². The van der Waals surface area contributed by atoms with Crippen LogP contribution in [-0.4, -0.2) is 40.6 Å². The van der Waals surface area contributed by atoms with Gasteiger partial charge in [-0.1, -0.05) is 103 Å². The summed E-state index contributed by atoms with van der Waals surface area (Å²) in [4.78, 5) is 13.5. The number of benzene rings is 3. The van der Waals surface area contributed by atoms with E-state index in [1.165, 1.54) is 6.42 Å². The zero-order valence-corrected chi connectivity index (χ0v) is 28.2. The number of phenolic OH excluding ortho intramolecular Hbond substituents is 3. The van der Waals surface area contributed by atoms with Crippen molar-refractivity contribution in [1.29, 1.82) is 0 Å². The number of carbonyl (C=O) groups excluding carboxylic acids is 1. The predicted octanol–water partition coefficient (Wildman–Crippen LogP) is 10.0. The molecular formula is C39H54O7. The summed E-state index contributed by atoms with van der Waals surface area (Å²) in [7, 11) is 0. The van der Waals surface area contributed by atoms with E-state index in [4.69, 9.17) is 14.2 Å². The second-order valence-electron chi connectivity index (χ2n) is 12.3. The Kier molecular flexibility index (Phi) is 15.6. The summed E-state index contributed by atoms with van der Waals surface area (Å²) < 4.78 is 18.6. The third-order valence-electron chi connectivity index (χ3n) is 8.47. The van der Waals surface area contributed by atoms with Crippen molar-refractivity contribution < 1.29 is 34.3 Å². The number of rotatable bonds is 21. The molecule has 3 rings (SSSR count). The highest BCUT2D eigenvalue weighted by Gasteiger charge is 2.28. The zero-order valence-electron chi connectivity index (χ0n) is 28.2. The molecule has 0 aliphatic heterocycles. The fourth-order valence-electron chi connectivity index (χ4n) is 5.81. The molecule has 0 amide bonds. The standard InChI is InChI=1S/C39H54O7/c1-5-8-11-12-17-29(33-19-14-16-21-37(33)45-23-10-7-3)25-31(46-39(43)30-26-34(40)38(42)35(41)27-30)24-28(4)32-18-13-15-20-36(32)44-22-9-6-2/h13-16,18-21,26-29,31,40-42H,5-12,17,22-25H2,1-4H3. The fourth-order valence-corrected chi connectivity index (χ4v) is 5.81. The Hall–Kier alpha value is -3.87. The zero-order chi connectivity index (χ0) is 33.3. The summed E-state index contributed by atoms with van der Waals surface area (Å²) in [6.45, 7) is 9.89. The van der Waals surface area contributed by atoms with Gasteiger partial charge in [-0.3, -0.25) is 0 Å². The first-order chi connectivity index (χ1) is 22.3. The first-order valence-corrected chi connectivity index (χ1v) is 17.2. The molecule has 7 heteroatoms. The van der Waals surface area contributed by atoms with Gasteiger partial charge in [0.05, 0.1) is 18.8 Å². The number of unbranched alkanes of at least 4 members (excludes halogenated alkanes) is 5. The molecule has 0 bridgehead atoms. The van der Waals surface area contributed by atoms with Gasteiger partial charge in [-0.15, -0.1) is 0 Å². The molecule has 3 aromatic carbocycles. The fraction of sp³-hybridized carbons (Fsp3) is 0.513. The minimum Gasteiger partial charge on any atom is -0.504 e. The number of para-hydroxylation sites is 2. The van der Waals surface area contributed by atoms with Crippen molar-refractivity contribution in [3.63, 3.8) is 0 Å². The van der Waals surface area contributed by atoms with Crippen LogP contribution >= 0.6 is 0 Å². The molecular weight excluding hydrogens is 580 g/mol. The number of hydrogen-bond donors (Lipinski definition) is 3. The van der Waals surface area contributed by atoms with Crippen LogP contribution in [-0.2, 0) is 4.74 Å². The van der Waals surface area contributed by atoms with E-state index in [0.29, 0.717) is 26.1 Å². The van der Waals surface area contributed by atoms with E-state index >= 15 is 0 Å². The number of carbonyl (C=O) groups is 1. The van der Waals surface area contributed by atoms with Crippen molar-refractivity contribution in [3.8, 4) is 28.7 Å². The maximum absolute atomic E-state index is 13.5. The average molecular weight is 635 g/mol. The van der Waals surface area contributed by atoms with Crippen molar-refractivity contribution in [3.05, 3.63) is 77.4 Å². The number of phenols is 3. The van der Waals surface area contributed by atoms with Gasteiger partial charge in [0.2, 0.25) is 0 Å². The van der Waals surface area contributed by atoms with E-state index in [1.54, 1.807) is 0 Å². The lowest BCUT2D eigenvalue weighted by atomic mass is 9.84. The molecule has 3 unspecified atom stereocenters. The Bertz CT molecular complexity index is 1310. The molecule has 3 atom stereocenters. The number of hydrogen-bond acceptors (Lipinski definition) is 7. The summed E-state index contributed by atoms with van der Waals surface area (Å²) in [5.74, 6) is -0.707. The van der Waals surface area contributed by atoms with E-state index in [1.807, 2.05) is 36.4 Å². The summed E-state index contributed by atoms with van der Waals surface area (Å²) in [5.41, 5.74) is 2.14. The highest BCUT2D eigenvalue weighted by Crippen LogP contribution is 2.39. The van der Waals surface area contributed by atoms with Crippen LogP contribution in [0.4, 0.5) is 0 Å². The van der Waals surface area contributed by atoms with Gasteiger partial charge in [0.15, 0.2) is 17.2 Å². The van der Waals surface area contributed by atoms with Gasteiger partial charge < -0.3 is 29.5 Å². The smallest absolute Gasteiger partial charge is 0.338 e. The topological polar surface area (TPSA) is 105 Å². The summed E-state index contributed by atoms with van der Waals surface area (Å²) in [6, 6.07) is 18.5. The number of ether oxygens (including phenoxy) is 3. The number of aromatic hydroxyl groups is 3. The molecule has 46 heavy (non-hydrogen) atoms. The predicted molar refractivity (Wildman–Crippen MR) is 183 cm³/mol. The minimum absolute atomic E-state index is 0.00837. The van der Waals surface area contributed by atoms with Gasteiger partial charge in [-0.2, -0.15) is 0 Å². The van der Waals surface area contributed by atoms with Crippen LogP contribution in [0.15, 0.2) is 60.7 Å². The van der Waals surface area contributed by atoms with Gasteiger partial charge in [0, 0.05) is 0 Å². The van der Waals surface area contributed by atoms with Gasteiger partial charge in [-0.25, -0.2) is 4.79 Å². The summed E-state index contributed by atoms with van der Waals surface area (Å²) in [6.07, 6.45) is 10.1. The van der Waals surface area contributed by atoms with Crippen molar-refractivity contribution in [1.82, 2.24) is 0 Å². The van der Waals surface area contributed by atoms with Crippen LogP contribution < -0.4 is 9.47 Å². The maximum Gasteiger partial charge on any atom is 0.338 e. The average Bonchev–Trinajstić information content (AvgIpc) is 3.05. The van der Waals surface area contributed by atoms with Crippen molar-refractivity contribution >= 4 is 5.97 Å². The highest BCUT2D eigenvalue weighted by atomic mass is 16.5. The van der Waals surface area contributed by atoms with E-state index < -0.39 is 29.3 Å². The summed E-state index contributed by atoms with van der Waals surface area (Å²) in [5, 5.41) is 30.0. The second-order valence-corrected chi connectivity index (χ2v) is 12.3. The van der Waals surface area contributed by atoms with Crippen LogP contribution in [0.5, 0.6) is 28.7 Å². The molecule has 0 heterocycles. The molecule has 3 N–H and O–H groups in total. The molecule has 3 aromatic rings. The van der Waals surface area contributed by atoms with Gasteiger partial charge in [0.25, 0.3) is 0 Å². The largest absolute Gasteiger partial charge is 0.504 e.